The number of aryl methyl sites for hydroxylation is 1. The zero-order valence-corrected chi connectivity index (χ0v) is 11.2. The van der Waals surface area contributed by atoms with E-state index in [-0.39, 0.29) is 17.2 Å². The lowest BCUT2D eigenvalue weighted by Gasteiger charge is -2.14. The number of anilines is 1. The first-order chi connectivity index (χ1) is 10.0. The summed E-state index contributed by atoms with van der Waals surface area (Å²) in [7, 11) is 0. The first-order valence-electron chi connectivity index (χ1n) is 6.13. The summed E-state index contributed by atoms with van der Waals surface area (Å²) in [4.78, 5) is 25.8. The number of pyridine rings is 1. The van der Waals surface area contributed by atoms with Crippen LogP contribution in [0.3, 0.4) is 0 Å². The molecule has 0 fully saturated rings. The van der Waals surface area contributed by atoms with Crippen LogP contribution in [-0.4, -0.2) is 27.8 Å². The Morgan fingerprint density at radius 2 is 2.05 bits per heavy atom. The zero-order chi connectivity index (χ0) is 15.4. The van der Waals surface area contributed by atoms with Crippen LogP contribution < -0.4 is 5.32 Å². The third-order valence-electron chi connectivity index (χ3n) is 2.88. The van der Waals surface area contributed by atoms with E-state index in [1.807, 2.05) is 0 Å². The molecule has 1 atom stereocenters. The molecule has 0 spiro atoms. The minimum absolute atomic E-state index is 0.0783. The molecule has 6 heteroatoms. The van der Waals surface area contributed by atoms with Crippen molar-refractivity contribution in [2.75, 3.05) is 5.32 Å². The van der Waals surface area contributed by atoms with Gasteiger partial charge in [-0.2, -0.15) is 4.98 Å². The van der Waals surface area contributed by atoms with E-state index in [9.17, 15) is 19.8 Å². The molecule has 3 N–H and O–H groups in total. The molecule has 2 rings (SSSR count). The van der Waals surface area contributed by atoms with Gasteiger partial charge in [-0.15, -0.1) is 0 Å². The Kier molecular flexibility index (Phi) is 4.18. The van der Waals surface area contributed by atoms with Crippen LogP contribution in [0.1, 0.15) is 27.5 Å². The smallest absolute Gasteiger partial charge is 0.227 e. The number of phenols is 1. The highest BCUT2D eigenvalue weighted by molar-refractivity contribution is 5.80. The molecule has 0 unspecified atom stereocenters. The predicted molar refractivity (Wildman–Crippen MR) is 76.2 cm³/mol. The summed E-state index contributed by atoms with van der Waals surface area (Å²) in [5, 5.41) is 21.7. The molecule has 21 heavy (non-hydrogen) atoms. The third kappa shape index (κ3) is 3.36. The van der Waals surface area contributed by atoms with Gasteiger partial charge in [-0.05, 0) is 36.2 Å². The maximum absolute atomic E-state index is 11.1. The molecule has 1 heterocycles. The van der Waals surface area contributed by atoms with E-state index in [1.54, 1.807) is 19.3 Å². The summed E-state index contributed by atoms with van der Waals surface area (Å²) in [6.45, 7) is 1.78. The second kappa shape index (κ2) is 6.04. The van der Waals surface area contributed by atoms with Crippen molar-refractivity contribution >= 4 is 18.4 Å². The number of hydrogen-bond donors (Lipinski definition) is 3. The minimum atomic E-state index is -0.877. The molecule has 6 nitrogen and oxygen atoms in total. The fourth-order valence-electron chi connectivity index (χ4n) is 1.90. The highest BCUT2D eigenvalue weighted by Crippen LogP contribution is 2.23. The molecule has 1 radical (unpaired) electrons. The average Bonchev–Trinajstić information content (AvgIpc) is 2.44. The molecule has 0 aliphatic carbocycles. The van der Waals surface area contributed by atoms with Gasteiger partial charge in [0.05, 0.1) is 5.56 Å². The molecular formula is C15H13N2O4. The van der Waals surface area contributed by atoms with Crippen molar-refractivity contribution in [2.45, 2.75) is 13.0 Å². The molecule has 0 bridgehead atoms. The predicted octanol–water partition coefficient (Wildman–Crippen LogP) is 1.88. The Bertz CT molecular complexity index is 665. The van der Waals surface area contributed by atoms with Crippen molar-refractivity contribution < 1.29 is 19.8 Å². The molecular weight excluding hydrogens is 272 g/mol. The fraction of sp³-hybridized carbons (Fsp3) is 0.133. The van der Waals surface area contributed by atoms with Crippen molar-refractivity contribution in [3.05, 3.63) is 47.0 Å². The lowest BCUT2D eigenvalue weighted by molar-refractivity contribution is 0.112. The highest BCUT2D eigenvalue weighted by atomic mass is 16.3. The minimum Gasteiger partial charge on any atom is -0.507 e. The highest BCUT2D eigenvalue weighted by Gasteiger charge is 2.14. The Morgan fingerprint density at radius 3 is 2.67 bits per heavy atom. The summed E-state index contributed by atoms with van der Waals surface area (Å²) in [6.07, 6.45) is 2.29. The van der Waals surface area contributed by atoms with E-state index >= 15 is 0 Å². The van der Waals surface area contributed by atoms with Crippen molar-refractivity contribution in [1.29, 1.82) is 0 Å². The van der Waals surface area contributed by atoms with Crippen molar-refractivity contribution in [2.24, 2.45) is 0 Å². The van der Waals surface area contributed by atoms with Crippen molar-refractivity contribution in [3.63, 3.8) is 0 Å². The number of aldehydes is 1. The number of nitrogens with one attached hydrogen (secondary N) is 1. The molecule has 0 saturated heterocycles. The number of aromatic hydroxyl groups is 2. The van der Waals surface area contributed by atoms with E-state index in [2.05, 4.69) is 10.3 Å². The second-order valence-corrected chi connectivity index (χ2v) is 4.52. The van der Waals surface area contributed by atoms with E-state index in [0.717, 1.165) is 5.56 Å². The van der Waals surface area contributed by atoms with Crippen LogP contribution in [0, 0.1) is 6.92 Å². The van der Waals surface area contributed by atoms with Gasteiger partial charge in [-0.3, -0.25) is 9.59 Å². The van der Waals surface area contributed by atoms with E-state index in [4.69, 9.17) is 0 Å². The van der Waals surface area contributed by atoms with Gasteiger partial charge in [0.15, 0.2) is 6.29 Å². The molecule has 0 saturated carbocycles. The summed E-state index contributed by atoms with van der Waals surface area (Å²) in [5.41, 5.74) is 1.30. The maximum atomic E-state index is 11.1. The van der Waals surface area contributed by atoms with Gasteiger partial charge in [0.25, 0.3) is 0 Å². The third-order valence-corrected chi connectivity index (χ3v) is 2.88. The molecule has 107 valence electrons. The lowest BCUT2D eigenvalue weighted by Crippen LogP contribution is -2.13. The van der Waals surface area contributed by atoms with E-state index in [0.29, 0.717) is 17.7 Å². The lowest BCUT2D eigenvalue weighted by atomic mass is 10.0. The monoisotopic (exact) mass is 285 g/mol. The van der Waals surface area contributed by atoms with Crippen LogP contribution in [0.5, 0.6) is 11.6 Å². The molecule has 0 aliphatic heterocycles. The summed E-state index contributed by atoms with van der Waals surface area (Å²) >= 11 is 0. The number of carbonyl (C=O) groups is 1. The largest absolute Gasteiger partial charge is 0.507 e. The molecule has 2 aromatic rings. The summed E-state index contributed by atoms with van der Waals surface area (Å²) in [6, 6.07) is 6.48. The van der Waals surface area contributed by atoms with Gasteiger partial charge < -0.3 is 15.5 Å². The topological polar surface area (TPSA) is 99.5 Å². The number of aromatic nitrogens is 1. The SMILES string of the molecule is Cc1cc(O)nc(N[C@H]([C]=O)c2ccc(O)c(C=O)c2)c1. The zero-order valence-electron chi connectivity index (χ0n) is 11.2. The van der Waals surface area contributed by atoms with Gasteiger partial charge >= 0.3 is 0 Å². The summed E-state index contributed by atoms with van der Waals surface area (Å²) < 4.78 is 0. The molecule has 0 amide bonds. The number of benzene rings is 1. The van der Waals surface area contributed by atoms with Crippen LogP contribution >= 0.6 is 0 Å². The van der Waals surface area contributed by atoms with Gasteiger partial charge in [-0.1, -0.05) is 6.07 Å². The normalized spacial score (nSPS) is 11.7. The van der Waals surface area contributed by atoms with Gasteiger partial charge in [-0.25, -0.2) is 0 Å². The fourth-order valence-corrected chi connectivity index (χ4v) is 1.90. The molecule has 1 aromatic heterocycles. The number of carbonyl (C=O) groups excluding carboxylic acids is 2. The standard InChI is InChI=1S/C15H13N2O4/c1-9-4-14(17-15(21)5-9)16-12(8-19)10-2-3-13(20)11(6-10)7-18/h2-7,12,20H,1H3,(H2,16,17,21)/t12-/m1/s1. The van der Waals surface area contributed by atoms with Gasteiger partial charge in [0.1, 0.15) is 17.6 Å². The molecule has 0 aliphatic rings. The van der Waals surface area contributed by atoms with Crippen LogP contribution in [0.25, 0.3) is 0 Å². The quantitative estimate of drug-likeness (QED) is 0.725. The van der Waals surface area contributed by atoms with Crippen molar-refractivity contribution in [1.82, 2.24) is 4.98 Å². The van der Waals surface area contributed by atoms with Crippen LogP contribution in [0.4, 0.5) is 5.82 Å². The molecule has 1 aromatic carbocycles. The number of nitrogens with zero attached hydrogens (tertiary/aromatic N) is 1. The van der Waals surface area contributed by atoms with E-state index < -0.39 is 6.04 Å². The first-order valence-corrected chi connectivity index (χ1v) is 6.13. The first kappa shape index (κ1) is 14.5. The van der Waals surface area contributed by atoms with Crippen molar-refractivity contribution in [3.8, 4) is 11.6 Å². The number of hydrogen-bond acceptors (Lipinski definition) is 6. The van der Waals surface area contributed by atoms with Crippen LogP contribution in [-0.2, 0) is 4.79 Å². The average molecular weight is 285 g/mol. The van der Waals surface area contributed by atoms with Crippen LogP contribution in [0.2, 0.25) is 0 Å². The van der Waals surface area contributed by atoms with Crippen LogP contribution in [0.15, 0.2) is 30.3 Å². The Balaban J connectivity index is 2.31. The maximum Gasteiger partial charge on any atom is 0.227 e. The Morgan fingerprint density at radius 1 is 1.29 bits per heavy atom. The number of rotatable bonds is 5. The van der Waals surface area contributed by atoms with Gasteiger partial charge in [0, 0.05) is 6.07 Å². The Labute approximate surface area is 121 Å². The van der Waals surface area contributed by atoms with E-state index in [1.165, 1.54) is 24.3 Å². The van der Waals surface area contributed by atoms with Gasteiger partial charge in [0.2, 0.25) is 12.2 Å². The second-order valence-electron chi connectivity index (χ2n) is 4.52. The Hall–Kier alpha value is -2.89. The number of phenolic OH excluding ortho intramolecular Hbond substituents is 1. The summed E-state index contributed by atoms with van der Waals surface area (Å²) in [5.74, 6) is -0.0206.